The van der Waals surface area contributed by atoms with Crippen LogP contribution in [0.15, 0.2) is 35.9 Å². The van der Waals surface area contributed by atoms with Crippen LogP contribution in [-0.2, 0) is 16.0 Å². The van der Waals surface area contributed by atoms with E-state index < -0.39 is 0 Å². The van der Waals surface area contributed by atoms with E-state index in [-0.39, 0.29) is 35.9 Å². The molecule has 0 heterocycles. The molecule has 2 rings (SSSR count). The van der Waals surface area contributed by atoms with Crippen molar-refractivity contribution in [2.75, 3.05) is 6.61 Å². The molecule has 0 unspecified atom stereocenters. The number of phenolic OH excluding ortho intramolecular Hbond substituents is 2. The van der Waals surface area contributed by atoms with Gasteiger partial charge in [-0.05, 0) is 61.8 Å². The van der Waals surface area contributed by atoms with Crippen molar-refractivity contribution in [3.63, 3.8) is 0 Å². The highest BCUT2D eigenvalue weighted by Gasteiger charge is 2.31. The summed E-state index contributed by atoms with van der Waals surface area (Å²) in [4.78, 5) is 11.1. The Hall–Kier alpha value is -2.23. The van der Waals surface area contributed by atoms with Crippen LogP contribution in [0.1, 0.15) is 63.5 Å². The number of carbonyl (C=O) groups is 1. The highest BCUT2D eigenvalue weighted by atomic mass is 16.5. The van der Waals surface area contributed by atoms with Crippen LogP contribution in [0.25, 0.3) is 0 Å². The quantitative estimate of drug-likeness (QED) is 0.532. The van der Waals surface area contributed by atoms with Crippen LogP contribution >= 0.6 is 0 Å². The number of hydrogen-bond acceptors (Lipinski definition) is 4. The van der Waals surface area contributed by atoms with Gasteiger partial charge in [-0.2, -0.15) is 0 Å². The summed E-state index contributed by atoms with van der Waals surface area (Å²) >= 11 is 0. The van der Waals surface area contributed by atoms with E-state index in [4.69, 9.17) is 4.74 Å². The molecular formula is C22H30O4. The molecular weight excluding hydrogens is 328 g/mol. The highest BCUT2D eigenvalue weighted by molar-refractivity contribution is 5.66. The monoisotopic (exact) mass is 358 g/mol. The SMILES string of the molecule is C=C(C)[C@@H]1CCC(COC(C)=O)=C[C@H]1c1c(O)cc(CCCC)cc1O. The third-order valence-corrected chi connectivity index (χ3v) is 5.07. The van der Waals surface area contributed by atoms with E-state index in [0.717, 1.165) is 48.8 Å². The van der Waals surface area contributed by atoms with Crippen LogP contribution in [0.5, 0.6) is 11.5 Å². The highest BCUT2D eigenvalue weighted by Crippen LogP contribution is 2.46. The van der Waals surface area contributed by atoms with Gasteiger partial charge in [-0.25, -0.2) is 0 Å². The number of esters is 1. The number of aryl methyl sites for hydroxylation is 1. The second-order valence-corrected chi connectivity index (χ2v) is 7.27. The first-order valence-electron chi connectivity index (χ1n) is 9.36. The average Bonchev–Trinajstić information content (AvgIpc) is 2.57. The van der Waals surface area contributed by atoms with E-state index in [1.807, 2.05) is 13.0 Å². The minimum absolute atomic E-state index is 0.123. The molecule has 0 amide bonds. The van der Waals surface area contributed by atoms with Crippen molar-refractivity contribution in [2.24, 2.45) is 5.92 Å². The minimum atomic E-state index is -0.310. The minimum Gasteiger partial charge on any atom is -0.507 e. The summed E-state index contributed by atoms with van der Waals surface area (Å²) in [6.45, 7) is 9.83. The van der Waals surface area contributed by atoms with Gasteiger partial charge in [0.25, 0.3) is 0 Å². The van der Waals surface area contributed by atoms with Crippen molar-refractivity contribution in [3.05, 3.63) is 47.1 Å². The van der Waals surface area contributed by atoms with Crippen molar-refractivity contribution in [1.29, 1.82) is 0 Å². The lowest BCUT2D eigenvalue weighted by molar-refractivity contribution is -0.140. The van der Waals surface area contributed by atoms with Gasteiger partial charge in [0.2, 0.25) is 0 Å². The molecule has 4 heteroatoms. The maximum atomic E-state index is 11.1. The van der Waals surface area contributed by atoms with E-state index in [9.17, 15) is 15.0 Å². The van der Waals surface area contributed by atoms with Gasteiger partial charge in [-0.1, -0.05) is 31.6 Å². The molecule has 1 aliphatic carbocycles. The fraction of sp³-hybridized carbons (Fsp3) is 0.500. The van der Waals surface area contributed by atoms with Gasteiger partial charge in [0.1, 0.15) is 18.1 Å². The number of hydrogen-bond donors (Lipinski definition) is 2. The molecule has 1 aromatic carbocycles. The largest absolute Gasteiger partial charge is 0.507 e. The first-order chi connectivity index (χ1) is 12.3. The fourth-order valence-electron chi connectivity index (χ4n) is 3.67. The summed E-state index contributed by atoms with van der Waals surface area (Å²) in [6.07, 6.45) is 6.60. The smallest absolute Gasteiger partial charge is 0.302 e. The lowest BCUT2D eigenvalue weighted by Gasteiger charge is -2.32. The molecule has 0 radical (unpaired) electrons. The Balaban J connectivity index is 2.38. The van der Waals surface area contributed by atoms with Crippen molar-refractivity contribution >= 4 is 5.97 Å². The van der Waals surface area contributed by atoms with Gasteiger partial charge in [-0.15, -0.1) is 0 Å². The van der Waals surface area contributed by atoms with Crippen molar-refractivity contribution in [3.8, 4) is 11.5 Å². The van der Waals surface area contributed by atoms with Gasteiger partial charge >= 0.3 is 5.97 Å². The van der Waals surface area contributed by atoms with Gasteiger partial charge < -0.3 is 14.9 Å². The zero-order valence-corrected chi connectivity index (χ0v) is 16.0. The summed E-state index contributed by atoms with van der Waals surface area (Å²) in [6, 6.07) is 3.52. The van der Waals surface area contributed by atoms with Crippen molar-refractivity contribution in [2.45, 2.75) is 58.8 Å². The third-order valence-electron chi connectivity index (χ3n) is 5.07. The topological polar surface area (TPSA) is 66.8 Å². The van der Waals surface area contributed by atoms with Crippen LogP contribution in [0.2, 0.25) is 0 Å². The fourth-order valence-corrected chi connectivity index (χ4v) is 3.67. The number of ether oxygens (including phenoxy) is 1. The number of unbranched alkanes of at least 4 members (excludes halogenated alkanes) is 1. The number of rotatable bonds is 7. The number of phenols is 2. The molecule has 0 aliphatic heterocycles. The molecule has 2 N–H and O–H groups in total. The molecule has 0 fully saturated rings. The molecule has 0 saturated heterocycles. The number of aromatic hydroxyl groups is 2. The maximum Gasteiger partial charge on any atom is 0.302 e. The zero-order valence-electron chi connectivity index (χ0n) is 16.0. The van der Waals surface area contributed by atoms with E-state index in [1.165, 1.54) is 6.92 Å². The molecule has 0 spiro atoms. The Kier molecular flexibility index (Phi) is 6.90. The Labute approximate surface area is 156 Å². The normalized spacial score (nSPS) is 19.7. The summed E-state index contributed by atoms with van der Waals surface area (Å²) in [5, 5.41) is 21.2. The van der Waals surface area contributed by atoms with Gasteiger partial charge in [0.05, 0.1) is 0 Å². The Morgan fingerprint density at radius 2 is 1.92 bits per heavy atom. The number of benzene rings is 1. The molecule has 1 aliphatic rings. The van der Waals surface area contributed by atoms with E-state index >= 15 is 0 Å². The Morgan fingerprint density at radius 3 is 2.46 bits per heavy atom. The van der Waals surface area contributed by atoms with Gasteiger partial charge in [-0.3, -0.25) is 4.79 Å². The molecule has 0 saturated carbocycles. The molecule has 142 valence electrons. The third kappa shape index (κ3) is 4.90. The van der Waals surface area contributed by atoms with E-state index in [1.54, 1.807) is 12.1 Å². The van der Waals surface area contributed by atoms with Gasteiger partial charge in [0, 0.05) is 18.4 Å². The van der Waals surface area contributed by atoms with Crippen LogP contribution in [0.3, 0.4) is 0 Å². The predicted molar refractivity (Wildman–Crippen MR) is 103 cm³/mol. The van der Waals surface area contributed by atoms with Crippen molar-refractivity contribution < 1.29 is 19.7 Å². The average molecular weight is 358 g/mol. The van der Waals surface area contributed by atoms with Crippen molar-refractivity contribution in [1.82, 2.24) is 0 Å². The predicted octanol–water partition coefficient (Wildman–Crippen LogP) is 5.00. The second kappa shape index (κ2) is 8.93. The molecule has 0 bridgehead atoms. The van der Waals surface area contributed by atoms with Crippen LogP contribution in [-0.4, -0.2) is 22.8 Å². The molecule has 26 heavy (non-hydrogen) atoms. The Bertz CT molecular complexity index is 679. The summed E-state index contributed by atoms with van der Waals surface area (Å²) < 4.78 is 5.13. The molecule has 0 aromatic heterocycles. The summed E-state index contributed by atoms with van der Waals surface area (Å²) in [5.74, 6) is -0.105. The first kappa shape index (κ1) is 20.1. The molecule has 1 aromatic rings. The Morgan fingerprint density at radius 1 is 1.27 bits per heavy atom. The van der Waals surface area contributed by atoms with E-state index in [0.29, 0.717) is 5.56 Å². The maximum absolute atomic E-state index is 11.1. The van der Waals surface area contributed by atoms with Crippen LogP contribution < -0.4 is 0 Å². The summed E-state index contributed by atoms with van der Waals surface area (Å²) in [5.41, 5.74) is 3.51. The van der Waals surface area contributed by atoms with E-state index in [2.05, 4.69) is 13.5 Å². The molecule has 2 atom stereocenters. The first-order valence-corrected chi connectivity index (χ1v) is 9.36. The molecule has 4 nitrogen and oxygen atoms in total. The number of carbonyl (C=O) groups excluding carboxylic acids is 1. The lowest BCUT2D eigenvalue weighted by Crippen LogP contribution is -2.19. The standard InChI is InChI=1S/C22H30O4/c1-5-6-7-16-11-20(24)22(21(25)12-16)19-10-17(13-26-15(4)23)8-9-18(19)14(2)3/h10-12,18-19,24-25H,2,5-9,13H2,1,3-4H3/t18-,19+/m0/s1. The second-order valence-electron chi connectivity index (χ2n) is 7.27. The zero-order chi connectivity index (χ0) is 19.3. The van der Waals surface area contributed by atoms with Crippen LogP contribution in [0.4, 0.5) is 0 Å². The lowest BCUT2D eigenvalue weighted by atomic mass is 9.73. The summed E-state index contributed by atoms with van der Waals surface area (Å²) in [7, 11) is 0. The number of allylic oxidation sites excluding steroid dienone is 2. The van der Waals surface area contributed by atoms with Gasteiger partial charge in [0.15, 0.2) is 0 Å². The van der Waals surface area contributed by atoms with Crippen LogP contribution in [0, 0.1) is 5.92 Å².